The van der Waals surface area contributed by atoms with Gasteiger partial charge in [-0.05, 0) is 0 Å². The Morgan fingerprint density at radius 1 is 1.53 bits per heavy atom. The third kappa shape index (κ3) is 2.69. The van der Waals surface area contributed by atoms with Gasteiger partial charge in [-0.2, -0.15) is 5.26 Å². The van der Waals surface area contributed by atoms with Crippen LogP contribution in [0.2, 0.25) is 0 Å². The van der Waals surface area contributed by atoms with Crippen LogP contribution in [0, 0.1) is 21.4 Å². The van der Waals surface area contributed by atoms with E-state index in [4.69, 9.17) is 14.7 Å². The van der Waals surface area contributed by atoms with Crippen molar-refractivity contribution in [1.82, 2.24) is 0 Å². The van der Waals surface area contributed by atoms with E-state index in [1.54, 1.807) is 6.07 Å². The Bertz CT molecular complexity index is 518. The van der Waals surface area contributed by atoms with Crippen molar-refractivity contribution in [2.75, 3.05) is 7.11 Å². The summed E-state index contributed by atoms with van der Waals surface area (Å²) in [5.41, 5.74) is -0.444. The number of methoxy groups -OCH3 is 1. The first-order valence-corrected chi connectivity index (χ1v) is 4.44. The molecule has 0 spiro atoms. The molecule has 0 unspecified atom stereocenters. The van der Waals surface area contributed by atoms with E-state index in [2.05, 4.69) is 0 Å². The predicted molar refractivity (Wildman–Crippen MR) is 55.7 cm³/mol. The molecule has 88 valence electrons. The minimum absolute atomic E-state index is 0.0362. The predicted octanol–water partition coefficient (Wildman–Crippen LogP) is 1.40. The molecular formula is C10H8N2O5. The monoisotopic (exact) mass is 236 g/mol. The molecule has 0 heterocycles. The zero-order chi connectivity index (χ0) is 13.0. The molecule has 0 fully saturated rings. The van der Waals surface area contributed by atoms with E-state index in [9.17, 15) is 14.9 Å². The summed E-state index contributed by atoms with van der Waals surface area (Å²) in [6.45, 7) is 1.11. The number of esters is 1. The first-order valence-electron chi connectivity index (χ1n) is 4.44. The Hall–Kier alpha value is -2.62. The molecule has 0 saturated carbocycles. The molecule has 0 N–H and O–H groups in total. The molecule has 7 heteroatoms. The summed E-state index contributed by atoms with van der Waals surface area (Å²) in [5, 5.41) is 19.5. The number of hydrogen-bond acceptors (Lipinski definition) is 6. The summed E-state index contributed by atoms with van der Waals surface area (Å²) in [4.78, 5) is 20.9. The van der Waals surface area contributed by atoms with Gasteiger partial charge in [-0.15, -0.1) is 0 Å². The fraction of sp³-hybridized carbons (Fsp3) is 0.200. The van der Waals surface area contributed by atoms with Crippen LogP contribution in [0.5, 0.6) is 11.5 Å². The molecule has 1 rings (SSSR count). The molecule has 0 aromatic heterocycles. The van der Waals surface area contributed by atoms with E-state index >= 15 is 0 Å². The van der Waals surface area contributed by atoms with E-state index in [0.29, 0.717) is 0 Å². The van der Waals surface area contributed by atoms with Crippen LogP contribution in [0.1, 0.15) is 12.5 Å². The second-order valence-corrected chi connectivity index (χ2v) is 2.99. The van der Waals surface area contributed by atoms with Crippen molar-refractivity contribution < 1.29 is 19.2 Å². The minimum Gasteiger partial charge on any atom is -0.493 e. The van der Waals surface area contributed by atoms with Crippen molar-refractivity contribution in [2.24, 2.45) is 0 Å². The van der Waals surface area contributed by atoms with Crippen LogP contribution in [0.4, 0.5) is 5.69 Å². The van der Waals surface area contributed by atoms with Gasteiger partial charge in [0.2, 0.25) is 5.75 Å². The number of hydrogen-bond donors (Lipinski definition) is 0. The zero-order valence-electron chi connectivity index (χ0n) is 9.09. The Morgan fingerprint density at radius 3 is 2.59 bits per heavy atom. The van der Waals surface area contributed by atoms with Crippen LogP contribution >= 0.6 is 0 Å². The summed E-state index contributed by atoms with van der Waals surface area (Å²) in [5.74, 6) is -1.05. The van der Waals surface area contributed by atoms with Crippen LogP contribution in [-0.4, -0.2) is 18.0 Å². The molecule has 0 aliphatic heterocycles. The molecule has 0 amide bonds. The van der Waals surface area contributed by atoms with E-state index < -0.39 is 16.6 Å². The summed E-state index contributed by atoms with van der Waals surface area (Å²) >= 11 is 0. The fourth-order valence-corrected chi connectivity index (χ4v) is 1.19. The van der Waals surface area contributed by atoms with Crippen molar-refractivity contribution in [3.05, 3.63) is 27.8 Å². The highest BCUT2D eigenvalue weighted by Gasteiger charge is 2.23. The van der Waals surface area contributed by atoms with Crippen molar-refractivity contribution in [2.45, 2.75) is 6.92 Å². The maximum Gasteiger partial charge on any atom is 0.316 e. The Labute approximate surface area is 96.3 Å². The first kappa shape index (κ1) is 12.4. The number of nitro benzene ring substituents is 1. The molecular weight excluding hydrogens is 228 g/mol. The standard InChI is InChI=1S/C10H8N2O5/c1-6(13)17-10-8(12(14)15)3-7(5-11)4-9(10)16-2/h3-4H,1-2H3. The van der Waals surface area contributed by atoms with Crippen molar-refractivity contribution in [3.63, 3.8) is 0 Å². The van der Waals surface area contributed by atoms with Crippen molar-refractivity contribution in [1.29, 1.82) is 5.26 Å². The average Bonchev–Trinajstić information content (AvgIpc) is 2.28. The maximum absolute atomic E-state index is 10.8. The topological polar surface area (TPSA) is 102 Å². The van der Waals surface area contributed by atoms with E-state index in [0.717, 1.165) is 13.0 Å². The lowest BCUT2D eigenvalue weighted by Crippen LogP contribution is -2.06. The van der Waals surface area contributed by atoms with Gasteiger partial charge in [-0.3, -0.25) is 14.9 Å². The third-order valence-electron chi connectivity index (χ3n) is 1.83. The van der Waals surface area contributed by atoms with Gasteiger partial charge in [0.15, 0.2) is 5.75 Å². The second kappa shape index (κ2) is 4.94. The molecule has 1 aromatic rings. The normalized spacial score (nSPS) is 9.24. The van der Waals surface area contributed by atoms with Crippen LogP contribution in [0.3, 0.4) is 0 Å². The highest BCUT2D eigenvalue weighted by molar-refractivity contribution is 5.73. The van der Waals surface area contributed by atoms with E-state index in [-0.39, 0.29) is 17.1 Å². The Balaban J connectivity index is 3.47. The average molecular weight is 236 g/mol. The maximum atomic E-state index is 10.8. The molecule has 0 saturated heterocycles. The Morgan fingerprint density at radius 2 is 2.18 bits per heavy atom. The summed E-state index contributed by atoms with van der Waals surface area (Å²) in [7, 11) is 1.26. The highest BCUT2D eigenvalue weighted by atomic mass is 16.6. The molecule has 0 aliphatic carbocycles. The van der Waals surface area contributed by atoms with E-state index in [1.165, 1.54) is 13.2 Å². The summed E-state index contributed by atoms with van der Waals surface area (Å²) in [6, 6.07) is 4.02. The van der Waals surface area contributed by atoms with Gasteiger partial charge in [-0.25, -0.2) is 0 Å². The Kier molecular flexibility index (Phi) is 3.62. The van der Waals surface area contributed by atoms with Crippen LogP contribution in [-0.2, 0) is 4.79 Å². The lowest BCUT2D eigenvalue weighted by atomic mass is 10.2. The molecule has 1 aromatic carbocycles. The van der Waals surface area contributed by atoms with Gasteiger partial charge in [0.25, 0.3) is 0 Å². The molecule has 0 atom stereocenters. The number of ether oxygens (including phenoxy) is 2. The van der Waals surface area contributed by atoms with E-state index in [1.807, 2.05) is 0 Å². The summed E-state index contributed by atoms with van der Waals surface area (Å²) < 4.78 is 9.56. The van der Waals surface area contributed by atoms with Gasteiger partial charge in [-0.1, -0.05) is 0 Å². The molecule has 0 radical (unpaired) electrons. The van der Waals surface area contributed by atoms with Gasteiger partial charge in [0.05, 0.1) is 23.7 Å². The smallest absolute Gasteiger partial charge is 0.316 e. The van der Waals surface area contributed by atoms with Crippen LogP contribution in [0.15, 0.2) is 12.1 Å². The van der Waals surface area contributed by atoms with Crippen LogP contribution in [0.25, 0.3) is 0 Å². The minimum atomic E-state index is -0.748. The molecule has 7 nitrogen and oxygen atoms in total. The van der Waals surface area contributed by atoms with Gasteiger partial charge in [0.1, 0.15) is 0 Å². The number of carbonyl (C=O) groups excluding carboxylic acids is 1. The number of benzene rings is 1. The highest BCUT2D eigenvalue weighted by Crippen LogP contribution is 2.38. The number of carbonyl (C=O) groups is 1. The first-order chi connectivity index (χ1) is 7.99. The lowest BCUT2D eigenvalue weighted by molar-refractivity contribution is -0.385. The molecule has 17 heavy (non-hydrogen) atoms. The van der Waals surface area contributed by atoms with Crippen LogP contribution < -0.4 is 9.47 Å². The number of nitriles is 1. The van der Waals surface area contributed by atoms with Crippen molar-refractivity contribution >= 4 is 11.7 Å². The fourth-order valence-electron chi connectivity index (χ4n) is 1.19. The van der Waals surface area contributed by atoms with Gasteiger partial charge < -0.3 is 9.47 Å². The zero-order valence-corrected chi connectivity index (χ0v) is 9.09. The van der Waals surface area contributed by atoms with Gasteiger partial charge >= 0.3 is 11.7 Å². The lowest BCUT2D eigenvalue weighted by Gasteiger charge is -2.08. The molecule has 0 bridgehead atoms. The summed E-state index contributed by atoms with van der Waals surface area (Å²) in [6.07, 6.45) is 0. The molecule has 0 aliphatic rings. The SMILES string of the molecule is COc1cc(C#N)cc([N+](=O)[O-])c1OC(C)=O. The quantitative estimate of drug-likeness (QED) is 0.340. The third-order valence-corrected chi connectivity index (χ3v) is 1.83. The number of rotatable bonds is 3. The second-order valence-electron chi connectivity index (χ2n) is 2.99. The largest absolute Gasteiger partial charge is 0.493 e. The number of nitro groups is 1. The van der Waals surface area contributed by atoms with Gasteiger partial charge in [0, 0.05) is 19.1 Å². The van der Waals surface area contributed by atoms with Crippen molar-refractivity contribution in [3.8, 4) is 17.6 Å². The number of nitrogens with zero attached hydrogens (tertiary/aromatic N) is 2.